The molecule has 2 rings (SSSR count). The van der Waals surface area contributed by atoms with Crippen molar-refractivity contribution in [3.63, 3.8) is 0 Å². The molecule has 0 heterocycles. The van der Waals surface area contributed by atoms with Crippen molar-refractivity contribution in [2.45, 2.75) is 19.5 Å². The molecule has 0 saturated heterocycles. The maximum Gasteiger partial charge on any atom is 0.127 e. The van der Waals surface area contributed by atoms with Crippen LogP contribution >= 0.6 is 0 Å². The number of hydrogen-bond acceptors (Lipinski definition) is 2. The molecule has 0 amide bonds. The molecule has 108 valence electrons. The lowest BCUT2D eigenvalue weighted by Gasteiger charge is -2.25. The number of nitrogens with zero attached hydrogens (tertiary/aromatic N) is 2. The zero-order chi connectivity index (χ0) is 15.4. The van der Waals surface area contributed by atoms with Gasteiger partial charge < -0.3 is 0 Å². The van der Waals surface area contributed by atoms with Crippen molar-refractivity contribution in [2.24, 2.45) is 0 Å². The molecule has 1 atom stereocenters. The third kappa shape index (κ3) is 3.45. The van der Waals surface area contributed by atoms with Crippen LogP contribution in [0.3, 0.4) is 0 Å². The SMILES string of the molecule is CC(c1ccccc1F)N(C)Cc1cc(F)ccc1C#N. The summed E-state index contributed by atoms with van der Waals surface area (Å²) < 4.78 is 27.1. The van der Waals surface area contributed by atoms with Crippen molar-refractivity contribution in [2.75, 3.05) is 7.05 Å². The third-order valence-corrected chi connectivity index (χ3v) is 3.62. The summed E-state index contributed by atoms with van der Waals surface area (Å²) in [6, 6.07) is 12.5. The zero-order valence-electron chi connectivity index (χ0n) is 12.0. The molecule has 2 aromatic rings. The Kier molecular flexibility index (Phi) is 4.66. The Morgan fingerprint density at radius 3 is 2.57 bits per heavy atom. The van der Waals surface area contributed by atoms with Crippen LogP contribution in [-0.2, 0) is 6.54 Å². The average Bonchev–Trinajstić information content (AvgIpc) is 2.47. The second-order valence-electron chi connectivity index (χ2n) is 5.03. The molecule has 2 nitrogen and oxygen atoms in total. The highest BCUT2D eigenvalue weighted by Gasteiger charge is 2.16. The van der Waals surface area contributed by atoms with Gasteiger partial charge in [-0.05, 0) is 43.8 Å². The molecule has 4 heteroatoms. The smallest absolute Gasteiger partial charge is 0.127 e. The minimum absolute atomic E-state index is 0.180. The summed E-state index contributed by atoms with van der Waals surface area (Å²) in [5, 5.41) is 9.07. The molecule has 0 aliphatic rings. The summed E-state index contributed by atoms with van der Waals surface area (Å²) >= 11 is 0. The number of hydrogen-bond donors (Lipinski definition) is 0. The first-order valence-corrected chi connectivity index (χ1v) is 6.66. The Morgan fingerprint density at radius 2 is 1.90 bits per heavy atom. The van der Waals surface area contributed by atoms with E-state index in [0.717, 1.165) is 0 Å². The summed E-state index contributed by atoms with van der Waals surface area (Å²) in [6.45, 7) is 2.25. The van der Waals surface area contributed by atoms with Gasteiger partial charge in [0.2, 0.25) is 0 Å². The van der Waals surface area contributed by atoms with Gasteiger partial charge in [-0.2, -0.15) is 5.26 Å². The fraction of sp³-hybridized carbons (Fsp3) is 0.235. The van der Waals surface area contributed by atoms with E-state index in [-0.39, 0.29) is 17.7 Å². The molecule has 0 spiro atoms. The van der Waals surface area contributed by atoms with Gasteiger partial charge in [-0.3, -0.25) is 4.90 Å². The molecule has 1 unspecified atom stereocenters. The molecule has 0 aromatic heterocycles. The maximum atomic E-state index is 13.8. The van der Waals surface area contributed by atoms with Crippen LogP contribution in [0.4, 0.5) is 8.78 Å². The number of nitriles is 1. The normalized spacial score (nSPS) is 12.2. The summed E-state index contributed by atoms with van der Waals surface area (Å²) in [5.41, 5.74) is 1.61. The molecule has 0 aliphatic carbocycles. The highest BCUT2D eigenvalue weighted by Crippen LogP contribution is 2.24. The fourth-order valence-electron chi connectivity index (χ4n) is 2.26. The summed E-state index contributed by atoms with van der Waals surface area (Å²) in [7, 11) is 1.82. The number of benzene rings is 2. The maximum absolute atomic E-state index is 13.8. The first kappa shape index (κ1) is 15.1. The second-order valence-corrected chi connectivity index (χ2v) is 5.03. The highest BCUT2D eigenvalue weighted by molar-refractivity contribution is 5.38. The highest BCUT2D eigenvalue weighted by atomic mass is 19.1. The summed E-state index contributed by atoms with van der Waals surface area (Å²) in [6.07, 6.45) is 0. The van der Waals surface area contributed by atoms with E-state index >= 15 is 0 Å². The Labute approximate surface area is 123 Å². The molecule has 0 radical (unpaired) electrons. The molecule has 0 N–H and O–H groups in total. The van der Waals surface area contributed by atoms with Crippen LogP contribution < -0.4 is 0 Å². The van der Waals surface area contributed by atoms with E-state index in [9.17, 15) is 8.78 Å². The zero-order valence-corrected chi connectivity index (χ0v) is 12.0. The molecule has 21 heavy (non-hydrogen) atoms. The molecule has 2 aromatic carbocycles. The van der Waals surface area contributed by atoms with Crippen LogP contribution in [0.25, 0.3) is 0 Å². The summed E-state index contributed by atoms with van der Waals surface area (Å²) in [4.78, 5) is 1.88. The van der Waals surface area contributed by atoms with Crippen LogP contribution in [0.1, 0.15) is 29.7 Å². The van der Waals surface area contributed by atoms with E-state index in [4.69, 9.17) is 5.26 Å². The van der Waals surface area contributed by atoms with Crippen molar-refractivity contribution in [3.05, 3.63) is 70.8 Å². The lowest BCUT2D eigenvalue weighted by Crippen LogP contribution is -2.23. The number of rotatable bonds is 4. The second kappa shape index (κ2) is 6.47. The van der Waals surface area contributed by atoms with Gasteiger partial charge in [0, 0.05) is 18.2 Å². The average molecular weight is 286 g/mol. The van der Waals surface area contributed by atoms with Crippen LogP contribution in [-0.4, -0.2) is 11.9 Å². The van der Waals surface area contributed by atoms with E-state index in [1.165, 1.54) is 24.3 Å². The Morgan fingerprint density at radius 1 is 1.19 bits per heavy atom. The van der Waals surface area contributed by atoms with Crippen LogP contribution in [0.15, 0.2) is 42.5 Å². The minimum atomic E-state index is -0.379. The van der Waals surface area contributed by atoms with Gasteiger partial charge in [0.1, 0.15) is 11.6 Å². The summed E-state index contributed by atoms with van der Waals surface area (Å²) in [5.74, 6) is -0.646. The molecule has 0 bridgehead atoms. The largest absolute Gasteiger partial charge is 0.295 e. The number of halogens is 2. The van der Waals surface area contributed by atoms with Gasteiger partial charge in [0.25, 0.3) is 0 Å². The minimum Gasteiger partial charge on any atom is -0.295 e. The molecule has 0 saturated carbocycles. The van der Waals surface area contributed by atoms with E-state index in [0.29, 0.717) is 23.2 Å². The first-order valence-electron chi connectivity index (χ1n) is 6.66. The quantitative estimate of drug-likeness (QED) is 0.848. The van der Waals surface area contributed by atoms with Gasteiger partial charge in [0.05, 0.1) is 11.6 Å². The van der Waals surface area contributed by atoms with Crippen LogP contribution in [0, 0.1) is 23.0 Å². The van der Waals surface area contributed by atoms with E-state index < -0.39 is 0 Å². The lowest BCUT2D eigenvalue weighted by atomic mass is 10.0. The van der Waals surface area contributed by atoms with Crippen LogP contribution in [0.2, 0.25) is 0 Å². The molecule has 0 aliphatic heterocycles. The van der Waals surface area contributed by atoms with Gasteiger partial charge in [-0.1, -0.05) is 18.2 Å². The molecule has 0 fully saturated rings. The Bertz CT molecular complexity index is 677. The monoisotopic (exact) mass is 286 g/mol. The Balaban J connectivity index is 2.22. The Hall–Kier alpha value is -2.25. The van der Waals surface area contributed by atoms with E-state index in [1.54, 1.807) is 18.2 Å². The fourth-order valence-corrected chi connectivity index (χ4v) is 2.26. The van der Waals surface area contributed by atoms with Crippen molar-refractivity contribution >= 4 is 0 Å². The topological polar surface area (TPSA) is 27.0 Å². The van der Waals surface area contributed by atoms with Crippen LogP contribution in [0.5, 0.6) is 0 Å². The predicted molar refractivity (Wildman–Crippen MR) is 77.4 cm³/mol. The van der Waals surface area contributed by atoms with E-state index in [1.807, 2.05) is 18.9 Å². The van der Waals surface area contributed by atoms with Gasteiger partial charge in [0.15, 0.2) is 0 Å². The third-order valence-electron chi connectivity index (χ3n) is 3.62. The van der Waals surface area contributed by atoms with E-state index in [2.05, 4.69) is 6.07 Å². The predicted octanol–water partition coefficient (Wildman–Crippen LogP) is 4.03. The standard InChI is InChI=1S/C17H16F2N2/c1-12(16-5-3-4-6-17(16)19)21(2)11-14-9-15(18)8-7-13(14)10-20/h3-9,12H,11H2,1-2H3. The van der Waals surface area contributed by atoms with Gasteiger partial charge in [-0.15, -0.1) is 0 Å². The molecular formula is C17H16F2N2. The van der Waals surface area contributed by atoms with Crippen molar-refractivity contribution in [3.8, 4) is 6.07 Å². The first-order chi connectivity index (χ1) is 10.0. The molecular weight excluding hydrogens is 270 g/mol. The van der Waals surface area contributed by atoms with Gasteiger partial charge in [-0.25, -0.2) is 8.78 Å². The van der Waals surface area contributed by atoms with Gasteiger partial charge >= 0.3 is 0 Å². The van der Waals surface area contributed by atoms with Crippen molar-refractivity contribution < 1.29 is 8.78 Å². The lowest BCUT2D eigenvalue weighted by molar-refractivity contribution is 0.247. The van der Waals surface area contributed by atoms with Crippen molar-refractivity contribution in [1.82, 2.24) is 4.90 Å². The van der Waals surface area contributed by atoms with Crippen molar-refractivity contribution in [1.29, 1.82) is 5.26 Å².